The Morgan fingerprint density at radius 2 is 2.04 bits per heavy atom. The van der Waals surface area contributed by atoms with Gasteiger partial charge in [0, 0.05) is 12.2 Å². The normalized spacial score (nSPS) is 22.9. The van der Waals surface area contributed by atoms with Gasteiger partial charge >= 0.3 is 0 Å². The van der Waals surface area contributed by atoms with Crippen molar-refractivity contribution >= 4 is 11.5 Å². The van der Waals surface area contributed by atoms with Gasteiger partial charge < -0.3 is 14.2 Å². The van der Waals surface area contributed by atoms with Crippen LogP contribution in [0.15, 0.2) is 35.0 Å². The van der Waals surface area contributed by atoms with E-state index in [1.54, 1.807) is 4.57 Å². The smallest absolute Gasteiger partial charge is 0.296 e. The number of hydrogen-bond donors (Lipinski definition) is 0. The van der Waals surface area contributed by atoms with E-state index in [4.69, 9.17) is 9.26 Å². The number of para-hydroxylation sites is 1. The lowest BCUT2D eigenvalue weighted by molar-refractivity contribution is 0.00768. The Morgan fingerprint density at radius 3 is 2.89 bits per heavy atom. The maximum Gasteiger partial charge on any atom is 0.296 e. The molecule has 0 saturated carbocycles. The lowest BCUT2D eigenvalue weighted by Crippen LogP contribution is -2.28. The number of benzene rings is 1. The Morgan fingerprint density at radius 1 is 1.18 bits per heavy atom. The monoisotopic (exact) mass is 381 g/mol. The molecular formula is C18H16FN7O2. The highest BCUT2D eigenvalue weighted by Gasteiger charge is 2.39. The lowest BCUT2D eigenvalue weighted by atomic mass is 10.0. The van der Waals surface area contributed by atoms with Gasteiger partial charge in [-0.05, 0) is 31.9 Å². The average Bonchev–Trinajstić information content (AvgIpc) is 3.46. The zero-order chi connectivity index (χ0) is 18.9. The highest BCUT2D eigenvalue weighted by molar-refractivity contribution is 5.89. The fraction of sp³-hybridized carbons (Fsp3) is 0.333. The summed E-state index contributed by atoms with van der Waals surface area (Å²) in [6.07, 6.45) is 3.18. The molecule has 0 radical (unpaired) electrons. The fourth-order valence-electron chi connectivity index (χ4n) is 4.02. The van der Waals surface area contributed by atoms with Crippen LogP contribution in [-0.4, -0.2) is 43.3 Å². The first-order valence-corrected chi connectivity index (χ1v) is 9.09. The standard InChI is InChI=1S/C18H16FN7O2/c1-18(7-4-8-27-18)17-20-16(28-23-17)15-22-21-14-11-5-2-3-6-12(11)25-10-24(19)9-13(25)26(14)15/h2-3,5-6,9H,4,7-8,10H2,1H3. The second-order valence-electron chi connectivity index (χ2n) is 7.26. The van der Waals surface area contributed by atoms with Gasteiger partial charge in [-0.2, -0.15) is 10.1 Å². The van der Waals surface area contributed by atoms with Crippen LogP contribution in [0.5, 0.6) is 0 Å². The van der Waals surface area contributed by atoms with Gasteiger partial charge in [0.2, 0.25) is 11.6 Å². The number of halogens is 1. The number of anilines is 1. The zero-order valence-corrected chi connectivity index (χ0v) is 15.0. The highest BCUT2D eigenvalue weighted by Crippen LogP contribution is 2.43. The van der Waals surface area contributed by atoms with Crippen LogP contribution in [0.25, 0.3) is 28.9 Å². The average molecular weight is 381 g/mol. The van der Waals surface area contributed by atoms with Crippen molar-refractivity contribution in [2.24, 2.45) is 0 Å². The van der Waals surface area contributed by atoms with Gasteiger partial charge in [-0.3, -0.25) is 4.57 Å². The van der Waals surface area contributed by atoms with Crippen LogP contribution in [0, 0.1) is 0 Å². The summed E-state index contributed by atoms with van der Waals surface area (Å²) >= 11 is 0. The molecule has 142 valence electrons. The summed E-state index contributed by atoms with van der Waals surface area (Å²) in [5.74, 6) is 2.28. The predicted octanol–water partition coefficient (Wildman–Crippen LogP) is 2.75. The Hall–Kier alpha value is -3.27. The summed E-state index contributed by atoms with van der Waals surface area (Å²) in [4.78, 5) is 6.38. The molecule has 6 rings (SSSR count). The van der Waals surface area contributed by atoms with E-state index in [2.05, 4.69) is 20.3 Å². The van der Waals surface area contributed by atoms with E-state index in [1.165, 1.54) is 6.20 Å². The molecule has 1 aromatic carbocycles. The van der Waals surface area contributed by atoms with E-state index in [9.17, 15) is 4.48 Å². The highest BCUT2D eigenvalue weighted by atomic mass is 19.2. The molecule has 3 aromatic rings. The Balaban J connectivity index is 1.51. The number of nitrogens with zero attached hydrogens (tertiary/aromatic N) is 7. The molecular weight excluding hydrogens is 365 g/mol. The van der Waals surface area contributed by atoms with Crippen LogP contribution in [-0.2, 0) is 10.3 Å². The minimum atomic E-state index is -0.562. The molecule has 2 aromatic heterocycles. The number of aromatic nitrogens is 5. The fourth-order valence-corrected chi connectivity index (χ4v) is 4.02. The van der Waals surface area contributed by atoms with Gasteiger partial charge in [0.1, 0.15) is 18.1 Å². The second kappa shape index (κ2) is 5.38. The van der Waals surface area contributed by atoms with Crippen molar-refractivity contribution in [3.63, 3.8) is 0 Å². The second-order valence-corrected chi connectivity index (χ2v) is 7.26. The van der Waals surface area contributed by atoms with E-state index >= 15 is 0 Å². The molecule has 10 heteroatoms. The molecule has 28 heavy (non-hydrogen) atoms. The third-order valence-corrected chi connectivity index (χ3v) is 5.45. The van der Waals surface area contributed by atoms with Crippen LogP contribution < -0.4 is 4.90 Å². The first-order chi connectivity index (χ1) is 13.6. The lowest BCUT2D eigenvalue weighted by Gasteiger charge is -2.29. The van der Waals surface area contributed by atoms with Crippen LogP contribution in [0.3, 0.4) is 0 Å². The summed E-state index contributed by atoms with van der Waals surface area (Å²) in [5.41, 5.74) is 1.17. The van der Waals surface area contributed by atoms with Gasteiger partial charge in [0.25, 0.3) is 5.89 Å². The van der Waals surface area contributed by atoms with Crippen molar-refractivity contribution in [1.29, 1.82) is 0 Å². The molecule has 9 nitrogen and oxygen atoms in total. The van der Waals surface area contributed by atoms with E-state index in [1.807, 2.05) is 36.1 Å². The maximum atomic E-state index is 14.1. The van der Waals surface area contributed by atoms with Crippen LogP contribution in [0.4, 0.5) is 10.2 Å². The molecule has 0 bridgehead atoms. The largest absolute Gasteiger partial charge is 0.367 e. The topological polar surface area (TPSA) is 85.3 Å². The van der Waals surface area contributed by atoms with Crippen LogP contribution in [0.2, 0.25) is 0 Å². The molecule has 1 unspecified atom stereocenters. The SMILES string of the molecule is CC1(c2noc(-c3nnc4n3C3=CN(F)CN3c3ccccc3-4)n2)CCCO1. The molecule has 0 amide bonds. The van der Waals surface area contributed by atoms with E-state index in [0.717, 1.165) is 24.1 Å². The Bertz CT molecular complexity index is 1110. The van der Waals surface area contributed by atoms with Gasteiger partial charge in [0.15, 0.2) is 5.82 Å². The summed E-state index contributed by atoms with van der Waals surface area (Å²) in [6.45, 7) is 2.71. The molecule has 0 aliphatic carbocycles. The first kappa shape index (κ1) is 15.8. The molecule has 0 N–H and O–H groups in total. The molecule has 3 aliphatic rings. The molecule has 1 fully saturated rings. The van der Waals surface area contributed by atoms with Gasteiger partial charge in [-0.1, -0.05) is 21.8 Å². The number of ether oxygens (including phenoxy) is 1. The van der Waals surface area contributed by atoms with Crippen molar-refractivity contribution in [3.05, 3.63) is 36.3 Å². The third-order valence-electron chi connectivity index (χ3n) is 5.45. The van der Waals surface area contributed by atoms with Crippen LogP contribution >= 0.6 is 0 Å². The number of hydrogen-bond acceptors (Lipinski definition) is 8. The summed E-state index contributed by atoms with van der Waals surface area (Å²) in [7, 11) is 0. The van der Waals surface area contributed by atoms with Crippen LogP contribution in [0.1, 0.15) is 25.6 Å². The van der Waals surface area contributed by atoms with E-state index in [0.29, 0.717) is 35.0 Å². The Kier molecular flexibility index (Phi) is 3.03. The minimum absolute atomic E-state index is 0.0877. The number of fused-ring (bicyclic) bond motifs is 6. The molecule has 0 spiro atoms. The summed E-state index contributed by atoms with van der Waals surface area (Å²) < 4.78 is 27.1. The van der Waals surface area contributed by atoms with E-state index < -0.39 is 5.60 Å². The predicted molar refractivity (Wildman–Crippen MR) is 95.9 cm³/mol. The van der Waals surface area contributed by atoms with Crippen molar-refractivity contribution in [2.45, 2.75) is 25.4 Å². The van der Waals surface area contributed by atoms with Crippen molar-refractivity contribution in [3.8, 4) is 23.1 Å². The quantitative estimate of drug-likeness (QED) is 0.627. The third kappa shape index (κ3) is 2.03. The first-order valence-electron chi connectivity index (χ1n) is 9.09. The van der Waals surface area contributed by atoms with Gasteiger partial charge in [-0.15, -0.1) is 10.2 Å². The number of rotatable bonds is 2. The molecule has 3 aliphatic heterocycles. The van der Waals surface area contributed by atoms with Crippen molar-refractivity contribution in [1.82, 2.24) is 30.0 Å². The van der Waals surface area contributed by atoms with E-state index in [-0.39, 0.29) is 12.6 Å². The summed E-state index contributed by atoms with van der Waals surface area (Å²) in [6, 6.07) is 7.70. The zero-order valence-electron chi connectivity index (χ0n) is 15.0. The minimum Gasteiger partial charge on any atom is -0.367 e. The summed E-state index contributed by atoms with van der Waals surface area (Å²) in [5, 5.41) is 13.3. The molecule has 1 atom stereocenters. The van der Waals surface area contributed by atoms with Crippen molar-refractivity contribution < 1.29 is 13.7 Å². The molecule has 5 heterocycles. The van der Waals surface area contributed by atoms with Gasteiger partial charge in [0.05, 0.1) is 11.9 Å². The van der Waals surface area contributed by atoms with Gasteiger partial charge in [-0.25, -0.2) is 0 Å². The maximum absolute atomic E-state index is 14.1. The Labute approximate surface area is 159 Å². The molecule has 1 saturated heterocycles. The van der Waals surface area contributed by atoms with Crippen molar-refractivity contribution in [2.75, 3.05) is 18.2 Å².